The monoisotopic (exact) mass is 284 g/mol. The lowest BCUT2D eigenvalue weighted by Gasteiger charge is -2.10. The Morgan fingerprint density at radius 2 is 1.75 bits per heavy atom. The summed E-state index contributed by atoms with van der Waals surface area (Å²) in [5.41, 5.74) is 15.6. The third-order valence-electron chi connectivity index (χ3n) is 3.11. The maximum atomic E-state index is 6.02. The van der Waals surface area contributed by atoms with Crippen LogP contribution in [0.1, 0.15) is 17.5 Å². The van der Waals surface area contributed by atoms with Crippen molar-refractivity contribution >= 4 is 23.0 Å². The van der Waals surface area contributed by atoms with E-state index in [0.717, 1.165) is 28.1 Å². The fourth-order valence-electron chi connectivity index (χ4n) is 1.96. The molecule has 0 amide bonds. The van der Waals surface area contributed by atoms with E-state index < -0.39 is 0 Å². The van der Waals surface area contributed by atoms with E-state index in [1.165, 1.54) is 10.5 Å². The average molecular weight is 284 g/mol. The van der Waals surface area contributed by atoms with Crippen LogP contribution in [0.25, 0.3) is 5.57 Å². The van der Waals surface area contributed by atoms with E-state index in [1.54, 1.807) is 11.8 Å². The van der Waals surface area contributed by atoms with Gasteiger partial charge in [-0.05, 0) is 55.8 Å². The van der Waals surface area contributed by atoms with E-state index in [1.807, 2.05) is 12.1 Å². The summed E-state index contributed by atoms with van der Waals surface area (Å²) in [7, 11) is 0. The highest BCUT2D eigenvalue weighted by Crippen LogP contribution is 2.32. The van der Waals surface area contributed by atoms with E-state index in [4.69, 9.17) is 11.5 Å². The minimum Gasteiger partial charge on any atom is -0.398 e. The molecule has 0 atom stereocenters. The highest BCUT2D eigenvalue weighted by atomic mass is 32.2. The topological polar surface area (TPSA) is 52.0 Å². The molecule has 104 valence electrons. The average Bonchev–Trinajstić information content (AvgIpc) is 2.43. The second-order valence-electron chi connectivity index (χ2n) is 4.81. The van der Waals surface area contributed by atoms with Crippen molar-refractivity contribution in [2.45, 2.75) is 23.1 Å². The van der Waals surface area contributed by atoms with Gasteiger partial charge in [0.25, 0.3) is 0 Å². The van der Waals surface area contributed by atoms with Crippen LogP contribution in [-0.2, 0) is 0 Å². The Kier molecular flexibility index (Phi) is 4.88. The molecular formula is C17H20N2S. The SMILES string of the molecule is C=C(CCN)c1cc(Sc2ccc(C)cc2)ccc1N. The van der Waals surface area contributed by atoms with Crippen LogP contribution in [0.2, 0.25) is 0 Å². The van der Waals surface area contributed by atoms with Gasteiger partial charge in [-0.1, -0.05) is 36.0 Å². The molecule has 4 N–H and O–H groups in total. The molecule has 0 aliphatic carbocycles. The summed E-state index contributed by atoms with van der Waals surface area (Å²) in [5, 5.41) is 0. The first-order chi connectivity index (χ1) is 9.60. The maximum absolute atomic E-state index is 6.02. The van der Waals surface area contributed by atoms with Crippen molar-refractivity contribution < 1.29 is 0 Å². The van der Waals surface area contributed by atoms with Gasteiger partial charge in [0, 0.05) is 21.0 Å². The fraction of sp³-hybridized carbons (Fsp3) is 0.176. The zero-order chi connectivity index (χ0) is 14.5. The number of hydrogen-bond acceptors (Lipinski definition) is 3. The maximum Gasteiger partial charge on any atom is 0.0391 e. The number of aryl methyl sites for hydroxylation is 1. The molecule has 0 aromatic heterocycles. The van der Waals surface area contributed by atoms with Crippen molar-refractivity contribution in [2.75, 3.05) is 12.3 Å². The number of nitrogen functional groups attached to an aromatic ring is 1. The molecule has 20 heavy (non-hydrogen) atoms. The van der Waals surface area contributed by atoms with Gasteiger partial charge < -0.3 is 11.5 Å². The minimum atomic E-state index is 0.591. The first-order valence-electron chi connectivity index (χ1n) is 6.62. The highest BCUT2D eigenvalue weighted by Gasteiger charge is 2.06. The van der Waals surface area contributed by atoms with Gasteiger partial charge in [-0.2, -0.15) is 0 Å². The molecule has 2 nitrogen and oxygen atoms in total. The zero-order valence-electron chi connectivity index (χ0n) is 11.7. The van der Waals surface area contributed by atoms with E-state index in [9.17, 15) is 0 Å². The smallest absolute Gasteiger partial charge is 0.0391 e. The van der Waals surface area contributed by atoms with Crippen molar-refractivity contribution in [3.8, 4) is 0 Å². The molecule has 0 aliphatic rings. The third-order valence-corrected chi connectivity index (χ3v) is 4.11. The molecule has 0 fully saturated rings. The minimum absolute atomic E-state index is 0.591. The molecule has 0 heterocycles. The van der Waals surface area contributed by atoms with Crippen molar-refractivity contribution in [2.24, 2.45) is 5.73 Å². The molecule has 2 aromatic carbocycles. The van der Waals surface area contributed by atoms with Crippen molar-refractivity contribution in [3.05, 3.63) is 60.2 Å². The normalized spacial score (nSPS) is 10.5. The highest BCUT2D eigenvalue weighted by molar-refractivity contribution is 7.99. The molecule has 0 saturated heterocycles. The largest absolute Gasteiger partial charge is 0.398 e. The summed E-state index contributed by atoms with van der Waals surface area (Å²) in [4.78, 5) is 2.38. The molecule has 0 radical (unpaired) electrons. The van der Waals surface area contributed by atoms with E-state index >= 15 is 0 Å². The van der Waals surface area contributed by atoms with Crippen molar-refractivity contribution in [1.82, 2.24) is 0 Å². The van der Waals surface area contributed by atoms with Crippen LogP contribution in [0.3, 0.4) is 0 Å². The summed E-state index contributed by atoms with van der Waals surface area (Å²) in [5.74, 6) is 0. The van der Waals surface area contributed by atoms with Gasteiger partial charge in [0.1, 0.15) is 0 Å². The molecule has 0 spiro atoms. The Balaban J connectivity index is 2.22. The Bertz CT molecular complexity index is 603. The lowest BCUT2D eigenvalue weighted by Crippen LogP contribution is -2.01. The Hall–Kier alpha value is -1.71. The second kappa shape index (κ2) is 6.64. The Morgan fingerprint density at radius 3 is 2.40 bits per heavy atom. The summed E-state index contributed by atoms with van der Waals surface area (Å²) in [6.07, 6.45) is 0.767. The Labute approximate surface area is 124 Å². The number of nitrogens with two attached hydrogens (primary N) is 2. The number of rotatable bonds is 5. The second-order valence-corrected chi connectivity index (χ2v) is 5.95. The standard InChI is InChI=1S/C17H20N2S/c1-12-3-5-14(6-4-12)20-15-7-8-17(19)16(11-15)13(2)9-10-18/h3-8,11H,2,9-10,18-19H2,1H3. The van der Waals surface area contributed by atoms with Crippen LogP contribution >= 0.6 is 11.8 Å². The molecule has 2 rings (SSSR count). The zero-order valence-corrected chi connectivity index (χ0v) is 12.5. The van der Waals surface area contributed by atoms with Gasteiger partial charge in [-0.15, -0.1) is 0 Å². The van der Waals surface area contributed by atoms with E-state index in [0.29, 0.717) is 6.54 Å². The van der Waals surface area contributed by atoms with Gasteiger partial charge in [-0.25, -0.2) is 0 Å². The number of anilines is 1. The molecule has 0 aliphatic heterocycles. The van der Waals surface area contributed by atoms with Crippen molar-refractivity contribution in [3.63, 3.8) is 0 Å². The lowest BCUT2D eigenvalue weighted by molar-refractivity contribution is 1.02. The lowest BCUT2D eigenvalue weighted by atomic mass is 10.0. The van der Waals surface area contributed by atoms with E-state index in [2.05, 4.69) is 43.8 Å². The quantitative estimate of drug-likeness (QED) is 0.813. The van der Waals surface area contributed by atoms with Crippen LogP contribution < -0.4 is 11.5 Å². The van der Waals surface area contributed by atoms with Crippen LogP contribution in [0.4, 0.5) is 5.69 Å². The molecule has 0 bridgehead atoms. The van der Waals surface area contributed by atoms with Crippen LogP contribution in [0.15, 0.2) is 58.8 Å². The predicted molar refractivity (Wildman–Crippen MR) is 88.9 cm³/mol. The predicted octanol–water partition coefficient (Wildman–Crippen LogP) is 4.09. The third kappa shape index (κ3) is 3.65. The van der Waals surface area contributed by atoms with Gasteiger partial charge in [-0.3, -0.25) is 0 Å². The van der Waals surface area contributed by atoms with E-state index in [-0.39, 0.29) is 0 Å². The fourth-order valence-corrected chi connectivity index (χ4v) is 2.81. The Morgan fingerprint density at radius 1 is 1.10 bits per heavy atom. The van der Waals surface area contributed by atoms with Crippen LogP contribution in [0.5, 0.6) is 0 Å². The summed E-state index contributed by atoms with van der Waals surface area (Å²) in [6, 6.07) is 14.6. The van der Waals surface area contributed by atoms with Gasteiger partial charge in [0.15, 0.2) is 0 Å². The van der Waals surface area contributed by atoms with Crippen LogP contribution in [0, 0.1) is 6.92 Å². The first kappa shape index (κ1) is 14.7. The summed E-state index contributed by atoms with van der Waals surface area (Å²) >= 11 is 1.73. The van der Waals surface area contributed by atoms with Gasteiger partial charge in [0.05, 0.1) is 0 Å². The summed E-state index contributed by atoms with van der Waals surface area (Å²) < 4.78 is 0. The number of benzene rings is 2. The van der Waals surface area contributed by atoms with Crippen molar-refractivity contribution in [1.29, 1.82) is 0 Å². The van der Waals surface area contributed by atoms with Crippen LogP contribution in [-0.4, -0.2) is 6.54 Å². The number of hydrogen-bond donors (Lipinski definition) is 2. The van der Waals surface area contributed by atoms with Gasteiger partial charge >= 0.3 is 0 Å². The van der Waals surface area contributed by atoms with Gasteiger partial charge in [0.2, 0.25) is 0 Å². The molecule has 3 heteroatoms. The molecule has 0 unspecified atom stereocenters. The molecular weight excluding hydrogens is 264 g/mol. The summed E-state index contributed by atoms with van der Waals surface area (Å²) in [6.45, 7) is 6.75. The molecule has 0 saturated carbocycles. The first-order valence-corrected chi connectivity index (χ1v) is 7.44. The molecule has 2 aromatic rings.